The fraction of sp³-hybridized carbons (Fsp3) is 0.0588. The van der Waals surface area contributed by atoms with Gasteiger partial charge < -0.3 is 5.32 Å². The summed E-state index contributed by atoms with van der Waals surface area (Å²) >= 11 is 12.2. The van der Waals surface area contributed by atoms with Gasteiger partial charge >= 0.3 is 0 Å². The molecule has 1 aliphatic heterocycles. The van der Waals surface area contributed by atoms with Gasteiger partial charge in [0, 0.05) is 10.7 Å². The van der Waals surface area contributed by atoms with E-state index in [-0.39, 0.29) is 10.7 Å². The summed E-state index contributed by atoms with van der Waals surface area (Å²) in [5.41, 5.74) is 1.91. The minimum absolute atomic E-state index is 0.0471. The highest BCUT2D eigenvalue weighted by atomic mass is 35.5. The molecule has 0 atom stereocenters. The molecule has 1 heterocycles. The minimum atomic E-state index is -0.551. The van der Waals surface area contributed by atoms with Crippen molar-refractivity contribution in [2.24, 2.45) is 0 Å². The number of amides is 2. The molecule has 4 nitrogen and oxygen atoms in total. The number of imide groups is 1. The van der Waals surface area contributed by atoms with Gasteiger partial charge in [0.15, 0.2) is 0 Å². The van der Waals surface area contributed by atoms with Crippen molar-refractivity contribution in [1.82, 2.24) is 0 Å². The molecule has 0 bridgehead atoms. The number of carbonyl (C=O) groups excluding carboxylic acids is 2. The Hall–Kier alpha value is -2.30. The average Bonchev–Trinajstić information content (AvgIpc) is 2.76. The van der Waals surface area contributed by atoms with Crippen LogP contribution in [0.5, 0.6) is 0 Å². The lowest BCUT2D eigenvalue weighted by Gasteiger charge is -2.15. The maximum Gasteiger partial charge on any atom is 0.283 e. The number of carbonyl (C=O) groups is 2. The van der Waals surface area contributed by atoms with Crippen molar-refractivity contribution in [3.05, 3.63) is 69.8 Å². The average molecular weight is 347 g/mol. The molecule has 0 fully saturated rings. The van der Waals surface area contributed by atoms with Crippen molar-refractivity contribution in [2.75, 3.05) is 10.2 Å². The van der Waals surface area contributed by atoms with Crippen LogP contribution in [0.25, 0.3) is 0 Å². The molecule has 2 amide bonds. The molecule has 0 spiro atoms. The van der Waals surface area contributed by atoms with Gasteiger partial charge in [-0.05, 0) is 36.8 Å². The first-order valence-corrected chi connectivity index (χ1v) is 7.62. The lowest BCUT2D eigenvalue weighted by molar-refractivity contribution is -0.120. The Morgan fingerprint density at radius 1 is 0.913 bits per heavy atom. The van der Waals surface area contributed by atoms with Crippen molar-refractivity contribution in [3.8, 4) is 0 Å². The van der Waals surface area contributed by atoms with Crippen LogP contribution in [0.1, 0.15) is 5.56 Å². The first kappa shape index (κ1) is 15.6. The zero-order valence-corrected chi connectivity index (χ0v) is 13.7. The van der Waals surface area contributed by atoms with Crippen LogP contribution in [0.3, 0.4) is 0 Å². The molecule has 6 heteroatoms. The Morgan fingerprint density at radius 2 is 1.61 bits per heavy atom. The zero-order valence-electron chi connectivity index (χ0n) is 12.1. The van der Waals surface area contributed by atoms with Gasteiger partial charge in [-0.2, -0.15) is 0 Å². The summed E-state index contributed by atoms with van der Waals surface area (Å²) in [7, 11) is 0. The molecule has 116 valence electrons. The molecule has 0 aromatic heterocycles. The van der Waals surface area contributed by atoms with Gasteiger partial charge in [0.05, 0.1) is 5.69 Å². The predicted octanol–water partition coefficient (Wildman–Crippen LogP) is 4.08. The quantitative estimate of drug-likeness (QED) is 0.851. The Kier molecular flexibility index (Phi) is 4.11. The fourth-order valence-electron chi connectivity index (χ4n) is 2.30. The maximum atomic E-state index is 12.6. The molecule has 0 saturated carbocycles. The first-order chi connectivity index (χ1) is 11.0. The standard InChI is InChI=1S/C17H12Cl2N2O2/c1-10-12(18)8-5-9-13(10)20-15-14(19)16(22)21(17(15)23)11-6-3-2-4-7-11/h2-9,20H,1H3. The third-order valence-electron chi connectivity index (χ3n) is 3.57. The molecular formula is C17H12Cl2N2O2. The Morgan fingerprint density at radius 3 is 2.30 bits per heavy atom. The van der Waals surface area contributed by atoms with E-state index in [9.17, 15) is 9.59 Å². The molecule has 0 aliphatic carbocycles. The van der Waals surface area contributed by atoms with Gasteiger partial charge in [-0.3, -0.25) is 9.59 Å². The summed E-state index contributed by atoms with van der Waals surface area (Å²) in [6.45, 7) is 1.81. The lowest BCUT2D eigenvalue weighted by Crippen LogP contribution is -2.32. The number of nitrogens with zero attached hydrogens (tertiary/aromatic N) is 1. The van der Waals surface area contributed by atoms with Crippen molar-refractivity contribution in [3.63, 3.8) is 0 Å². The summed E-state index contributed by atoms with van der Waals surface area (Å²) in [6, 6.07) is 13.9. The molecule has 2 aromatic carbocycles. The second-order valence-corrected chi connectivity index (χ2v) is 5.79. The molecular weight excluding hydrogens is 335 g/mol. The van der Waals surface area contributed by atoms with Gasteiger partial charge in [0.1, 0.15) is 10.7 Å². The Balaban J connectivity index is 1.96. The molecule has 0 unspecified atom stereocenters. The van der Waals surface area contributed by atoms with Gasteiger partial charge in [0.2, 0.25) is 0 Å². The van der Waals surface area contributed by atoms with E-state index in [0.717, 1.165) is 10.5 Å². The molecule has 1 N–H and O–H groups in total. The number of hydrogen-bond donors (Lipinski definition) is 1. The van der Waals surface area contributed by atoms with Crippen LogP contribution in [0.2, 0.25) is 5.02 Å². The van der Waals surface area contributed by atoms with E-state index in [1.807, 2.05) is 6.92 Å². The van der Waals surface area contributed by atoms with Crippen LogP contribution in [0.15, 0.2) is 59.3 Å². The molecule has 0 saturated heterocycles. The molecule has 0 radical (unpaired) electrons. The van der Waals surface area contributed by atoms with E-state index in [2.05, 4.69) is 5.32 Å². The number of nitrogens with one attached hydrogen (secondary N) is 1. The zero-order chi connectivity index (χ0) is 16.6. The monoisotopic (exact) mass is 346 g/mol. The third kappa shape index (κ3) is 2.71. The van der Waals surface area contributed by atoms with E-state index >= 15 is 0 Å². The van der Waals surface area contributed by atoms with E-state index in [1.165, 1.54) is 0 Å². The van der Waals surface area contributed by atoms with E-state index in [0.29, 0.717) is 16.4 Å². The number of para-hydroxylation sites is 1. The van der Waals surface area contributed by atoms with Gasteiger partial charge in [0.25, 0.3) is 11.8 Å². The molecule has 1 aliphatic rings. The second-order valence-electron chi connectivity index (χ2n) is 5.01. The predicted molar refractivity (Wildman–Crippen MR) is 91.6 cm³/mol. The number of hydrogen-bond acceptors (Lipinski definition) is 3. The number of halogens is 2. The van der Waals surface area contributed by atoms with Crippen LogP contribution in [-0.2, 0) is 9.59 Å². The summed E-state index contributed by atoms with van der Waals surface area (Å²) in [5.74, 6) is -1.05. The van der Waals surface area contributed by atoms with Crippen molar-refractivity contribution < 1.29 is 9.59 Å². The topological polar surface area (TPSA) is 49.4 Å². The SMILES string of the molecule is Cc1c(Cl)cccc1NC1=C(Cl)C(=O)N(c2ccccc2)C1=O. The molecule has 23 heavy (non-hydrogen) atoms. The molecule has 3 rings (SSSR count). The summed E-state index contributed by atoms with van der Waals surface area (Å²) < 4.78 is 0. The normalized spacial score (nSPS) is 14.7. The van der Waals surface area contributed by atoms with E-state index < -0.39 is 11.8 Å². The summed E-state index contributed by atoms with van der Waals surface area (Å²) in [4.78, 5) is 26.0. The van der Waals surface area contributed by atoms with Gasteiger partial charge in [-0.1, -0.05) is 47.5 Å². The van der Waals surface area contributed by atoms with Crippen LogP contribution in [0.4, 0.5) is 11.4 Å². The maximum absolute atomic E-state index is 12.6. The number of anilines is 2. The second kappa shape index (κ2) is 6.07. The Labute approximate surface area is 143 Å². The highest BCUT2D eigenvalue weighted by Crippen LogP contribution is 2.31. The van der Waals surface area contributed by atoms with Crippen molar-refractivity contribution in [1.29, 1.82) is 0 Å². The highest BCUT2D eigenvalue weighted by molar-refractivity contribution is 6.53. The van der Waals surface area contributed by atoms with Crippen LogP contribution >= 0.6 is 23.2 Å². The fourth-order valence-corrected chi connectivity index (χ4v) is 2.69. The van der Waals surface area contributed by atoms with Crippen LogP contribution in [-0.4, -0.2) is 11.8 Å². The van der Waals surface area contributed by atoms with E-state index in [4.69, 9.17) is 23.2 Å². The number of rotatable bonds is 3. The van der Waals surface area contributed by atoms with Crippen molar-refractivity contribution >= 4 is 46.4 Å². The van der Waals surface area contributed by atoms with Crippen LogP contribution < -0.4 is 10.2 Å². The van der Waals surface area contributed by atoms with Crippen LogP contribution in [0, 0.1) is 6.92 Å². The first-order valence-electron chi connectivity index (χ1n) is 6.86. The van der Waals surface area contributed by atoms with Crippen molar-refractivity contribution in [2.45, 2.75) is 6.92 Å². The summed E-state index contributed by atoms with van der Waals surface area (Å²) in [5, 5.41) is 3.35. The summed E-state index contributed by atoms with van der Waals surface area (Å²) in [6.07, 6.45) is 0. The largest absolute Gasteiger partial charge is 0.349 e. The van der Waals surface area contributed by atoms with Gasteiger partial charge in [-0.25, -0.2) is 4.90 Å². The smallest absolute Gasteiger partial charge is 0.283 e. The van der Waals surface area contributed by atoms with Gasteiger partial charge in [-0.15, -0.1) is 0 Å². The van der Waals surface area contributed by atoms with E-state index in [1.54, 1.807) is 48.5 Å². The highest BCUT2D eigenvalue weighted by Gasteiger charge is 2.38. The number of benzene rings is 2. The lowest BCUT2D eigenvalue weighted by atomic mass is 10.2. The third-order valence-corrected chi connectivity index (χ3v) is 4.33. The minimum Gasteiger partial charge on any atom is -0.349 e. The Bertz CT molecular complexity index is 832. The molecule has 2 aromatic rings.